The van der Waals surface area contributed by atoms with Crippen molar-refractivity contribution in [3.05, 3.63) is 84.7 Å². The monoisotopic (exact) mass is 449 g/mol. The van der Waals surface area contributed by atoms with Crippen LogP contribution in [-0.4, -0.2) is 15.7 Å². The van der Waals surface area contributed by atoms with Crippen molar-refractivity contribution >= 4 is 27.4 Å². The molecule has 1 N–H and O–H groups in total. The van der Waals surface area contributed by atoms with Gasteiger partial charge in [0.05, 0.1) is 27.7 Å². The summed E-state index contributed by atoms with van der Waals surface area (Å²) in [7, 11) is 0. The molecule has 0 unspecified atom stereocenters. The summed E-state index contributed by atoms with van der Waals surface area (Å²) in [6.45, 7) is 1.58. The normalized spacial score (nSPS) is 13.6. The quantitative estimate of drug-likeness (QED) is 0.653. The van der Waals surface area contributed by atoms with Gasteiger partial charge in [-0.05, 0) is 43.3 Å². The lowest BCUT2D eigenvalue weighted by molar-refractivity contribution is -0.137. The summed E-state index contributed by atoms with van der Waals surface area (Å²) in [5.74, 6) is -0.566. The van der Waals surface area contributed by atoms with Crippen molar-refractivity contribution in [1.82, 2.24) is 9.78 Å². The summed E-state index contributed by atoms with van der Waals surface area (Å²) in [5.41, 5.74) is -0.910. The summed E-state index contributed by atoms with van der Waals surface area (Å²) >= 11 is 3.33. The average Bonchev–Trinajstić information content (AvgIpc) is 3.09. The van der Waals surface area contributed by atoms with Crippen molar-refractivity contribution in [2.75, 3.05) is 0 Å². The van der Waals surface area contributed by atoms with E-state index in [-0.39, 0.29) is 16.8 Å². The third-order valence-electron chi connectivity index (χ3n) is 4.42. The van der Waals surface area contributed by atoms with E-state index in [0.29, 0.717) is 20.7 Å². The van der Waals surface area contributed by atoms with Gasteiger partial charge in [-0.2, -0.15) is 13.2 Å². The minimum atomic E-state index is -4.54. The average molecular weight is 450 g/mol. The molecule has 1 aliphatic heterocycles. The van der Waals surface area contributed by atoms with Gasteiger partial charge in [-0.1, -0.05) is 22.0 Å². The van der Waals surface area contributed by atoms with E-state index in [4.69, 9.17) is 0 Å². The SMILES string of the molecule is Cc1[nH]n(-c2cccc(C(F)(F)F)c2)c(=O)c1C1=c2cc(Br)ccc2=NC1=O. The number of benzene rings is 2. The van der Waals surface area contributed by atoms with E-state index in [1.165, 1.54) is 12.1 Å². The topological polar surface area (TPSA) is 67.2 Å². The van der Waals surface area contributed by atoms with Gasteiger partial charge in [-0.3, -0.25) is 14.7 Å². The predicted octanol–water partition coefficient (Wildman–Crippen LogP) is 2.61. The molecule has 28 heavy (non-hydrogen) atoms. The Morgan fingerprint density at radius 1 is 1.11 bits per heavy atom. The van der Waals surface area contributed by atoms with Crippen LogP contribution in [0.15, 0.2) is 56.7 Å². The molecule has 3 aromatic rings. The number of amides is 1. The highest BCUT2D eigenvalue weighted by atomic mass is 79.9. The number of fused-ring (bicyclic) bond motifs is 1. The molecule has 0 atom stereocenters. The second-order valence-electron chi connectivity index (χ2n) is 6.25. The molecule has 4 rings (SSSR count). The van der Waals surface area contributed by atoms with Gasteiger partial charge < -0.3 is 0 Å². The maximum atomic E-state index is 13.0. The zero-order chi connectivity index (χ0) is 20.2. The molecule has 1 aromatic heterocycles. The number of halogens is 4. The Labute approximate surface area is 163 Å². The molecule has 2 heterocycles. The molecule has 2 aromatic carbocycles. The molecular weight excluding hydrogens is 439 g/mol. The number of rotatable bonds is 2. The number of nitrogens with one attached hydrogen (secondary N) is 1. The number of H-pyrrole nitrogens is 1. The maximum absolute atomic E-state index is 13.0. The van der Waals surface area contributed by atoms with E-state index >= 15 is 0 Å². The van der Waals surface area contributed by atoms with Crippen LogP contribution in [-0.2, 0) is 11.0 Å². The van der Waals surface area contributed by atoms with E-state index in [1.54, 1.807) is 25.1 Å². The fraction of sp³-hybridized carbons (Fsp3) is 0.105. The van der Waals surface area contributed by atoms with Crippen molar-refractivity contribution in [3.63, 3.8) is 0 Å². The zero-order valence-corrected chi connectivity index (χ0v) is 15.9. The molecule has 0 saturated carbocycles. The number of carbonyl (C=O) groups is 1. The van der Waals surface area contributed by atoms with Gasteiger partial charge in [0.2, 0.25) is 0 Å². The Morgan fingerprint density at radius 2 is 1.86 bits per heavy atom. The van der Waals surface area contributed by atoms with Crippen molar-refractivity contribution in [1.29, 1.82) is 0 Å². The number of aromatic amines is 1. The Kier molecular flexibility index (Phi) is 4.15. The number of hydrogen-bond acceptors (Lipinski definition) is 2. The summed E-state index contributed by atoms with van der Waals surface area (Å²) in [6, 6.07) is 9.45. The van der Waals surface area contributed by atoms with Crippen molar-refractivity contribution in [2.24, 2.45) is 4.99 Å². The Hall–Kier alpha value is -2.94. The van der Waals surface area contributed by atoms with Crippen LogP contribution in [0.5, 0.6) is 0 Å². The number of nitrogens with zero attached hydrogens (tertiary/aromatic N) is 2. The predicted molar refractivity (Wildman–Crippen MR) is 98.6 cm³/mol. The smallest absolute Gasteiger partial charge is 0.295 e. The lowest BCUT2D eigenvalue weighted by Crippen LogP contribution is -2.26. The van der Waals surface area contributed by atoms with Crippen LogP contribution < -0.4 is 16.1 Å². The highest BCUT2D eigenvalue weighted by molar-refractivity contribution is 9.10. The first-order chi connectivity index (χ1) is 13.2. The largest absolute Gasteiger partial charge is 0.416 e. The Morgan fingerprint density at radius 3 is 2.57 bits per heavy atom. The van der Waals surface area contributed by atoms with Gasteiger partial charge in [0, 0.05) is 15.4 Å². The molecule has 5 nitrogen and oxygen atoms in total. The van der Waals surface area contributed by atoms with Gasteiger partial charge >= 0.3 is 6.18 Å². The first-order valence-corrected chi connectivity index (χ1v) is 8.88. The van der Waals surface area contributed by atoms with Crippen LogP contribution in [0.4, 0.5) is 13.2 Å². The molecule has 0 radical (unpaired) electrons. The summed E-state index contributed by atoms with van der Waals surface area (Å²) in [5, 5.41) is 3.70. The Bertz CT molecular complexity index is 1320. The van der Waals surface area contributed by atoms with E-state index in [9.17, 15) is 22.8 Å². The zero-order valence-electron chi connectivity index (χ0n) is 14.3. The second-order valence-corrected chi connectivity index (χ2v) is 7.17. The lowest BCUT2D eigenvalue weighted by Gasteiger charge is -2.08. The molecule has 1 aliphatic rings. The van der Waals surface area contributed by atoms with Crippen LogP contribution >= 0.6 is 15.9 Å². The molecule has 1 amide bonds. The number of aromatic nitrogens is 2. The van der Waals surface area contributed by atoms with E-state index in [2.05, 4.69) is 26.0 Å². The standard InChI is InChI=1S/C19H11BrF3N3O2/c1-9-15(16-13-8-11(20)5-6-14(13)24-17(16)27)18(28)26(25-9)12-4-2-3-10(7-12)19(21,22)23/h2-8,25H,1H3. The molecule has 9 heteroatoms. The summed E-state index contributed by atoms with van der Waals surface area (Å²) in [6.07, 6.45) is -4.54. The van der Waals surface area contributed by atoms with Gasteiger partial charge in [0.25, 0.3) is 11.5 Å². The highest BCUT2D eigenvalue weighted by Crippen LogP contribution is 2.30. The molecule has 0 aliphatic carbocycles. The van der Waals surface area contributed by atoms with E-state index in [1.807, 2.05) is 0 Å². The lowest BCUT2D eigenvalue weighted by atomic mass is 10.0. The molecule has 0 bridgehead atoms. The van der Waals surface area contributed by atoms with Crippen molar-refractivity contribution in [2.45, 2.75) is 13.1 Å². The number of aryl methyl sites for hydroxylation is 1. The molecule has 0 fully saturated rings. The van der Waals surface area contributed by atoms with Crippen molar-refractivity contribution in [3.8, 4) is 5.69 Å². The van der Waals surface area contributed by atoms with Gasteiger partial charge in [0.1, 0.15) is 0 Å². The van der Waals surface area contributed by atoms with Crippen LogP contribution in [0.25, 0.3) is 11.3 Å². The van der Waals surface area contributed by atoms with E-state index in [0.717, 1.165) is 16.8 Å². The minimum absolute atomic E-state index is 0.0200. The summed E-state index contributed by atoms with van der Waals surface area (Å²) in [4.78, 5) is 29.4. The number of carbonyl (C=O) groups excluding carboxylic acids is 1. The van der Waals surface area contributed by atoms with Gasteiger partial charge in [-0.15, -0.1) is 0 Å². The molecular formula is C19H11BrF3N3O2. The van der Waals surface area contributed by atoms with Crippen molar-refractivity contribution < 1.29 is 18.0 Å². The van der Waals surface area contributed by atoms with Crippen LogP contribution in [0.1, 0.15) is 16.8 Å². The number of alkyl halides is 3. The molecule has 142 valence electrons. The maximum Gasteiger partial charge on any atom is 0.416 e. The van der Waals surface area contributed by atoms with E-state index < -0.39 is 23.2 Å². The number of hydrogen-bond donors (Lipinski definition) is 1. The fourth-order valence-corrected chi connectivity index (χ4v) is 3.53. The summed E-state index contributed by atoms with van der Waals surface area (Å²) < 4.78 is 40.7. The van der Waals surface area contributed by atoms with Gasteiger partial charge in [-0.25, -0.2) is 9.67 Å². The van der Waals surface area contributed by atoms with Crippen LogP contribution in [0.2, 0.25) is 0 Å². The second kappa shape index (κ2) is 6.30. The minimum Gasteiger partial charge on any atom is -0.295 e. The third-order valence-corrected chi connectivity index (χ3v) is 4.91. The first-order valence-electron chi connectivity index (χ1n) is 8.09. The highest BCUT2D eigenvalue weighted by Gasteiger charge is 2.31. The molecule has 0 spiro atoms. The first kappa shape index (κ1) is 18.4. The van der Waals surface area contributed by atoms with Crippen LogP contribution in [0.3, 0.4) is 0 Å². The molecule has 0 saturated heterocycles. The van der Waals surface area contributed by atoms with Gasteiger partial charge in [0.15, 0.2) is 0 Å². The fourth-order valence-electron chi connectivity index (χ4n) is 3.17. The Balaban J connectivity index is 1.96. The third kappa shape index (κ3) is 2.91. The van der Waals surface area contributed by atoms with Crippen LogP contribution in [0, 0.1) is 6.92 Å².